The zero-order chi connectivity index (χ0) is 20.8. The number of nitrogens with zero attached hydrogens (tertiary/aromatic N) is 2. The molecule has 2 aromatic carbocycles. The number of anilines is 1. The third kappa shape index (κ3) is 5.08. The lowest BCUT2D eigenvalue weighted by Gasteiger charge is -2.29. The molecule has 3 aromatic rings. The molecule has 0 atom stereocenters. The van der Waals surface area contributed by atoms with Gasteiger partial charge in [0, 0.05) is 31.6 Å². The Hall–Kier alpha value is -3.45. The van der Waals surface area contributed by atoms with Gasteiger partial charge < -0.3 is 20.4 Å². The van der Waals surface area contributed by atoms with Crippen LogP contribution in [0.5, 0.6) is 0 Å². The number of carbonyl (C=O) groups is 2. The molecular weight excluding hydrogens is 370 g/mol. The van der Waals surface area contributed by atoms with E-state index in [2.05, 4.69) is 39.5 Å². The Morgan fingerprint density at radius 3 is 2.41 bits per heavy atom. The molecule has 7 heteroatoms. The molecule has 1 aliphatic heterocycles. The van der Waals surface area contributed by atoms with Gasteiger partial charge in [-0.15, -0.1) is 0 Å². The van der Waals surface area contributed by atoms with Crippen LogP contribution in [0.15, 0.2) is 54.7 Å². The van der Waals surface area contributed by atoms with Crippen molar-refractivity contribution < 1.29 is 19.8 Å². The number of hydrogen-bond donors (Lipinski definition) is 3. The fraction of sp³-hybridized carbons (Fsp3) is 0.227. The van der Waals surface area contributed by atoms with E-state index in [1.165, 1.54) is 23.2 Å². The first-order chi connectivity index (χ1) is 14.0. The van der Waals surface area contributed by atoms with Crippen molar-refractivity contribution in [2.45, 2.75) is 6.92 Å². The van der Waals surface area contributed by atoms with Crippen LogP contribution in [0.2, 0.25) is 0 Å². The Bertz CT molecular complexity index is 1030. The monoisotopic (exact) mass is 393 g/mol. The first kappa shape index (κ1) is 20.3. The van der Waals surface area contributed by atoms with Gasteiger partial charge in [0.25, 0.3) is 0 Å². The van der Waals surface area contributed by atoms with E-state index >= 15 is 0 Å². The largest absolute Gasteiger partial charge is 0.478 e. The Balaban J connectivity index is 0.000000170. The highest BCUT2D eigenvalue weighted by Crippen LogP contribution is 2.19. The van der Waals surface area contributed by atoms with Crippen LogP contribution >= 0.6 is 0 Å². The first-order valence-electron chi connectivity index (χ1n) is 9.33. The standard InChI is InChI=1S/C13H15N3.C9H8O4/c1-2-4-13-11(3-1)9-12(10-15-13)16-7-5-14-6-8-16;1-5-2-3-6(8(10)11)4-7(5)9(12)13/h1-4,9-10,14H,5-8H2;2-4H,1H3,(H,10,11)(H,12,13). The van der Waals surface area contributed by atoms with Gasteiger partial charge in [0.15, 0.2) is 0 Å². The topological polar surface area (TPSA) is 103 Å². The molecule has 0 spiro atoms. The third-order valence-electron chi connectivity index (χ3n) is 4.77. The van der Waals surface area contributed by atoms with Crippen molar-refractivity contribution in [3.8, 4) is 0 Å². The average Bonchev–Trinajstić information content (AvgIpc) is 2.74. The Kier molecular flexibility index (Phi) is 6.41. The predicted octanol–water partition coefficient (Wildman–Crippen LogP) is 3.04. The summed E-state index contributed by atoms with van der Waals surface area (Å²) in [6.45, 7) is 5.88. The number of pyridine rings is 1. The van der Waals surface area contributed by atoms with E-state index in [1.807, 2.05) is 12.3 Å². The molecule has 0 aliphatic carbocycles. The second-order valence-corrected chi connectivity index (χ2v) is 6.76. The molecular formula is C22H23N3O4. The van der Waals surface area contributed by atoms with Gasteiger partial charge in [0.1, 0.15) is 0 Å². The second-order valence-electron chi connectivity index (χ2n) is 6.76. The van der Waals surface area contributed by atoms with Gasteiger partial charge in [-0.2, -0.15) is 0 Å². The molecule has 0 saturated carbocycles. The van der Waals surface area contributed by atoms with E-state index in [4.69, 9.17) is 10.2 Å². The van der Waals surface area contributed by atoms with Gasteiger partial charge in [0.2, 0.25) is 0 Å². The summed E-state index contributed by atoms with van der Waals surface area (Å²) < 4.78 is 0. The minimum absolute atomic E-state index is 0.0111. The summed E-state index contributed by atoms with van der Waals surface area (Å²) in [7, 11) is 0. The van der Waals surface area contributed by atoms with Crippen LogP contribution < -0.4 is 10.2 Å². The highest BCUT2D eigenvalue weighted by atomic mass is 16.4. The van der Waals surface area contributed by atoms with Crippen LogP contribution in [0.25, 0.3) is 10.9 Å². The number of aryl methyl sites for hydroxylation is 1. The smallest absolute Gasteiger partial charge is 0.335 e. The quantitative estimate of drug-likeness (QED) is 0.628. The SMILES string of the molecule is Cc1ccc(C(=O)O)cc1C(=O)O.c1ccc2ncc(N3CCNCC3)cc2c1. The van der Waals surface area contributed by atoms with E-state index in [9.17, 15) is 9.59 Å². The summed E-state index contributed by atoms with van der Waals surface area (Å²) in [5.74, 6) is -2.23. The van der Waals surface area contributed by atoms with Crippen molar-refractivity contribution in [3.05, 3.63) is 71.4 Å². The maximum Gasteiger partial charge on any atom is 0.335 e. The maximum absolute atomic E-state index is 10.6. The summed E-state index contributed by atoms with van der Waals surface area (Å²) in [5.41, 5.74) is 2.88. The van der Waals surface area contributed by atoms with E-state index in [-0.39, 0.29) is 11.1 Å². The maximum atomic E-state index is 10.6. The van der Waals surface area contributed by atoms with Crippen molar-refractivity contribution in [2.75, 3.05) is 31.1 Å². The van der Waals surface area contributed by atoms with Crippen molar-refractivity contribution >= 4 is 28.5 Å². The molecule has 2 heterocycles. The number of nitrogens with one attached hydrogen (secondary N) is 1. The van der Waals surface area contributed by atoms with Gasteiger partial charge in [-0.05, 0) is 36.8 Å². The molecule has 150 valence electrons. The van der Waals surface area contributed by atoms with E-state index in [1.54, 1.807) is 6.92 Å². The number of carboxylic acid groups (broad SMARTS) is 2. The Morgan fingerprint density at radius 2 is 1.72 bits per heavy atom. The molecule has 0 bridgehead atoms. The van der Waals surface area contributed by atoms with Crippen molar-refractivity contribution in [3.63, 3.8) is 0 Å². The number of para-hydroxylation sites is 1. The van der Waals surface area contributed by atoms with Gasteiger partial charge in [-0.1, -0.05) is 24.3 Å². The summed E-state index contributed by atoms with van der Waals surface area (Å²) in [6, 6.07) is 14.5. The van der Waals surface area contributed by atoms with Gasteiger partial charge in [0.05, 0.1) is 28.5 Å². The minimum Gasteiger partial charge on any atom is -0.478 e. The summed E-state index contributed by atoms with van der Waals surface area (Å²) in [5, 5.41) is 21.8. The Morgan fingerprint density at radius 1 is 1.00 bits per heavy atom. The number of carboxylic acids is 2. The zero-order valence-electron chi connectivity index (χ0n) is 16.1. The number of piperazine rings is 1. The number of benzene rings is 2. The fourth-order valence-corrected chi connectivity index (χ4v) is 3.14. The van der Waals surface area contributed by atoms with Gasteiger partial charge in [-0.3, -0.25) is 4.98 Å². The molecule has 3 N–H and O–H groups in total. The molecule has 0 amide bonds. The van der Waals surface area contributed by atoms with Crippen LogP contribution in [0.3, 0.4) is 0 Å². The van der Waals surface area contributed by atoms with Crippen LogP contribution in [0.4, 0.5) is 5.69 Å². The van der Waals surface area contributed by atoms with E-state index in [0.717, 1.165) is 37.8 Å². The lowest BCUT2D eigenvalue weighted by atomic mass is 10.1. The number of aromatic carboxylic acids is 2. The normalized spacial score (nSPS) is 13.5. The number of rotatable bonds is 3. The summed E-state index contributed by atoms with van der Waals surface area (Å²) in [6.07, 6.45) is 1.98. The van der Waals surface area contributed by atoms with Crippen LogP contribution in [0, 0.1) is 6.92 Å². The van der Waals surface area contributed by atoms with Crippen molar-refractivity contribution in [2.24, 2.45) is 0 Å². The third-order valence-corrected chi connectivity index (χ3v) is 4.77. The molecule has 1 saturated heterocycles. The molecule has 0 unspecified atom stereocenters. The molecule has 4 rings (SSSR count). The predicted molar refractivity (Wildman–Crippen MR) is 112 cm³/mol. The lowest BCUT2D eigenvalue weighted by Crippen LogP contribution is -2.43. The second kappa shape index (κ2) is 9.16. The average molecular weight is 393 g/mol. The molecule has 29 heavy (non-hydrogen) atoms. The van der Waals surface area contributed by atoms with Crippen LogP contribution in [-0.4, -0.2) is 53.3 Å². The Labute approximate surface area is 168 Å². The highest BCUT2D eigenvalue weighted by molar-refractivity contribution is 5.94. The van der Waals surface area contributed by atoms with E-state index in [0.29, 0.717) is 5.56 Å². The molecule has 1 aliphatic rings. The molecule has 0 radical (unpaired) electrons. The molecule has 1 fully saturated rings. The fourth-order valence-electron chi connectivity index (χ4n) is 3.14. The summed E-state index contributed by atoms with van der Waals surface area (Å²) >= 11 is 0. The number of fused-ring (bicyclic) bond motifs is 1. The van der Waals surface area contributed by atoms with Crippen molar-refractivity contribution in [1.82, 2.24) is 10.3 Å². The van der Waals surface area contributed by atoms with E-state index < -0.39 is 11.9 Å². The number of hydrogen-bond acceptors (Lipinski definition) is 5. The molecule has 1 aromatic heterocycles. The van der Waals surface area contributed by atoms with Gasteiger partial charge >= 0.3 is 11.9 Å². The lowest BCUT2D eigenvalue weighted by molar-refractivity contribution is 0.0695. The molecule has 7 nitrogen and oxygen atoms in total. The summed E-state index contributed by atoms with van der Waals surface area (Å²) in [4.78, 5) is 28.0. The van der Waals surface area contributed by atoms with Gasteiger partial charge in [-0.25, -0.2) is 9.59 Å². The van der Waals surface area contributed by atoms with Crippen molar-refractivity contribution in [1.29, 1.82) is 0 Å². The van der Waals surface area contributed by atoms with Crippen LogP contribution in [0.1, 0.15) is 26.3 Å². The minimum atomic E-state index is -1.12. The zero-order valence-corrected chi connectivity index (χ0v) is 16.1. The first-order valence-corrected chi connectivity index (χ1v) is 9.33. The highest BCUT2D eigenvalue weighted by Gasteiger charge is 2.11. The number of aromatic nitrogens is 1. The van der Waals surface area contributed by atoms with Crippen LogP contribution in [-0.2, 0) is 0 Å².